The fraction of sp³-hybridized carbons (Fsp3) is 0.571. The van der Waals surface area contributed by atoms with Gasteiger partial charge in [-0.05, 0) is 26.2 Å². The van der Waals surface area contributed by atoms with Crippen LogP contribution in [0.2, 0.25) is 0 Å². The maximum Gasteiger partial charge on any atom is 0.00837 e. The van der Waals surface area contributed by atoms with Crippen LogP contribution in [0.15, 0.2) is 11.6 Å². The fourth-order valence-corrected chi connectivity index (χ4v) is 0.788. The van der Waals surface area contributed by atoms with Gasteiger partial charge in [0.05, 0.1) is 0 Å². The Hall–Kier alpha value is -0.260. The molecule has 38 valence electrons. The molecule has 0 N–H and O–H groups in total. The molecular formula is C7H10. The van der Waals surface area contributed by atoms with Crippen molar-refractivity contribution in [2.45, 2.75) is 26.2 Å². The third kappa shape index (κ3) is 1.34. The highest BCUT2D eigenvalue weighted by atomic mass is 14.0. The molecule has 0 amide bonds. The molecule has 0 bridgehead atoms. The molecule has 0 heteroatoms. The van der Waals surface area contributed by atoms with Crippen LogP contribution in [0.5, 0.6) is 0 Å². The third-order valence-electron chi connectivity index (χ3n) is 1.24. The zero-order valence-corrected chi connectivity index (χ0v) is 4.70. The molecule has 0 nitrogen and oxygen atoms in total. The molecule has 1 aliphatic carbocycles. The molecule has 1 rings (SSSR count). The Morgan fingerprint density at radius 3 is 2.86 bits per heavy atom. The summed E-state index contributed by atoms with van der Waals surface area (Å²) < 4.78 is 0. The highest BCUT2D eigenvalue weighted by Gasteiger charge is 1.96. The minimum absolute atomic E-state index is 1.16. The lowest BCUT2D eigenvalue weighted by Gasteiger charge is -2.04. The summed E-state index contributed by atoms with van der Waals surface area (Å²) in [5.41, 5.74) is 1.48. The van der Waals surface area contributed by atoms with E-state index in [1.54, 1.807) is 0 Å². The van der Waals surface area contributed by atoms with E-state index >= 15 is 0 Å². The van der Waals surface area contributed by atoms with Crippen LogP contribution in [0.1, 0.15) is 26.2 Å². The van der Waals surface area contributed by atoms with Gasteiger partial charge in [-0.2, -0.15) is 0 Å². The van der Waals surface area contributed by atoms with Crippen molar-refractivity contribution in [3.63, 3.8) is 0 Å². The highest BCUT2D eigenvalue weighted by Crippen LogP contribution is 2.14. The molecule has 0 saturated heterocycles. The van der Waals surface area contributed by atoms with Crippen LogP contribution < -0.4 is 0 Å². The van der Waals surface area contributed by atoms with Crippen LogP contribution in [0.25, 0.3) is 0 Å². The summed E-state index contributed by atoms with van der Waals surface area (Å²) in [5, 5.41) is 0. The largest absolute Gasteiger partial charge is 0.0776 e. The Morgan fingerprint density at radius 1 is 1.71 bits per heavy atom. The van der Waals surface area contributed by atoms with Gasteiger partial charge in [-0.25, -0.2) is 0 Å². The third-order valence-corrected chi connectivity index (χ3v) is 1.24. The molecule has 0 saturated carbocycles. The predicted molar refractivity (Wildman–Crippen MR) is 30.9 cm³/mol. The first-order valence-electron chi connectivity index (χ1n) is 2.78. The smallest absolute Gasteiger partial charge is 0.00837 e. The van der Waals surface area contributed by atoms with Gasteiger partial charge in [0.2, 0.25) is 0 Å². The Balaban J connectivity index is 2.40. The predicted octanol–water partition coefficient (Wildman–Crippen LogP) is 2.20. The van der Waals surface area contributed by atoms with Gasteiger partial charge in [0, 0.05) is 6.42 Å². The second-order valence-corrected chi connectivity index (χ2v) is 2.05. The minimum atomic E-state index is 1.16. The van der Waals surface area contributed by atoms with Crippen LogP contribution in [-0.2, 0) is 0 Å². The molecule has 0 aromatic carbocycles. The summed E-state index contributed by atoms with van der Waals surface area (Å²) in [6.45, 7) is 2.16. The van der Waals surface area contributed by atoms with Crippen LogP contribution >= 0.6 is 0 Å². The van der Waals surface area contributed by atoms with E-state index in [2.05, 4.69) is 19.4 Å². The molecule has 1 aliphatic rings. The minimum Gasteiger partial charge on any atom is -0.0776 e. The summed E-state index contributed by atoms with van der Waals surface area (Å²) in [5.74, 6) is 0. The van der Waals surface area contributed by atoms with E-state index in [1.807, 2.05) is 0 Å². The van der Waals surface area contributed by atoms with Crippen molar-refractivity contribution < 1.29 is 0 Å². The van der Waals surface area contributed by atoms with E-state index < -0.39 is 0 Å². The quantitative estimate of drug-likeness (QED) is 0.431. The molecular weight excluding hydrogens is 84.1 g/mol. The molecule has 0 unspecified atom stereocenters. The van der Waals surface area contributed by atoms with E-state index in [-0.39, 0.29) is 0 Å². The molecule has 2 radical (unpaired) electrons. The summed E-state index contributed by atoms with van der Waals surface area (Å²) in [4.78, 5) is 0. The van der Waals surface area contributed by atoms with Crippen molar-refractivity contribution in [1.29, 1.82) is 0 Å². The lowest BCUT2D eigenvalue weighted by Crippen LogP contribution is -1.86. The first-order valence-corrected chi connectivity index (χ1v) is 2.78. The molecule has 0 aromatic heterocycles. The van der Waals surface area contributed by atoms with Crippen molar-refractivity contribution in [2.24, 2.45) is 0 Å². The summed E-state index contributed by atoms with van der Waals surface area (Å²) in [6, 6.07) is 0. The van der Waals surface area contributed by atoms with Gasteiger partial charge in [-0.3, -0.25) is 0 Å². The number of rotatable bonds is 0. The first kappa shape index (κ1) is 4.89. The van der Waals surface area contributed by atoms with Gasteiger partial charge >= 0.3 is 0 Å². The van der Waals surface area contributed by atoms with E-state index in [0.29, 0.717) is 0 Å². The molecule has 0 atom stereocenters. The van der Waals surface area contributed by atoms with Crippen LogP contribution in [0.4, 0.5) is 0 Å². The maximum absolute atomic E-state index is 3.17. The van der Waals surface area contributed by atoms with Gasteiger partial charge in [0.15, 0.2) is 0 Å². The van der Waals surface area contributed by atoms with Crippen LogP contribution in [0.3, 0.4) is 0 Å². The van der Waals surface area contributed by atoms with E-state index in [9.17, 15) is 0 Å². The zero-order valence-electron chi connectivity index (χ0n) is 4.70. The Morgan fingerprint density at radius 2 is 2.57 bits per heavy atom. The van der Waals surface area contributed by atoms with Crippen molar-refractivity contribution in [1.82, 2.24) is 0 Å². The second kappa shape index (κ2) is 2.15. The van der Waals surface area contributed by atoms with Gasteiger partial charge in [0.25, 0.3) is 0 Å². The number of allylic oxidation sites excluding steroid dienone is 2. The Kier molecular flexibility index (Phi) is 1.50. The molecule has 0 spiro atoms. The standard InChI is InChI=1S/C7H10/c1-7-5-3-2-4-6-7/h6H,2-3,5H2,1H3. The van der Waals surface area contributed by atoms with E-state index in [1.165, 1.54) is 18.4 Å². The topological polar surface area (TPSA) is 0 Å². The van der Waals surface area contributed by atoms with E-state index in [4.69, 9.17) is 0 Å². The highest BCUT2D eigenvalue weighted by molar-refractivity contribution is 5.08. The van der Waals surface area contributed by atoms with Gasteiger partial charge < -0.3 is 0 Å². The molecule has 0 heterocycles. The van der Waals surface area contributed by atoms with Crippen molar-refractivity contribution in [3.8, 4) is 0 Å². The van der Waals surface area contributed by atoms with Crippen molar-refractivity contribution >= 4 is 0 Å². The summed E-state index contributed by atoms with van der Waals surface area (Å²) in [7, 11) is 0. The summed E-state index contributed by atoms with van der Waals surface area (Å²) in [6.07, 6.45) is 9.03. The fourth-order valence-electron chi connectivity index (χ4n) is 0.788. The van der Waals surface area contributed by atoms with E-state index in [0.717, 1.165) is 6.42 Å². The molecule has 7 heavy (non-hydrogen) atoms. The lowest BCUT2D eigenvalue weighted by atomic mass is 10.0. The maximum atomic E-state index is 3.17. The monoisotopic (exact) mass is 94.1 g/mol. The average molecular weight is 94.2 g/mol. The number of hydrogen-bond donors (Lipinski definition) is 0. The second-order valence-electron chi connectivity index (χ2n) is 2.05. The molecule has 0 aliphatic heterocycles. The van der Waals surface area contributed by atoms with Gasteiger partial charge in [0.1, 0.15) is 0 Å². The van der Waals surface area contributed by atoms with Crippen molar-refractivity contribution in [3.05, 3.63) is 18.1 Å². The van der Waals surface area contributed by atoms with Crippen molar-refractivity contribution in [2.75, 3.05) is 0 Å². The summed E-state index contributed by atoms with van der Waals surface area (Å²) >= 11 is 0. The Bertz CT molecular complexity index is 80.0. The first-order chi connectivity index (χ1) is 3.39. The van der Waals surface area contributed by atoms with Crippen LogP contribution in [0, 0.1) is 6.42 Å². The van der Waals surface area contributed by atoms with Gasteiger partial charge in [-0.1, -0.05) is 11.6 Å². The number of hydrogen-bond acceptors (Lipinski definition) is 0. The molecule has 0 fully saturated rings. The Labute approximate surface area is 45.2 Å². The lowest BCUT2D eigenvalue weighted by molar-refractivity contribution is 0.780. The normalized spacial score (nSPS) is 21.6. The molecule has 0 aromatic rings. The average Bonchev–Trinajstić information content (AvgIpc) is 1.69. The van der Waals surface area contributed by atoms with Gasteiger partial charge in [-0.15, -0.1) is 0 Å². The SMILES string of the molecule is CC1=C[C]CCC1. The van der Waals surface area contributed by atoms with Crippen LogP contribution in [-0.4, -0.2) is 0 Å². The zero-order chi connectivity index (χ0) is 5.11.